The minimum atomic E-state index is -5.10. The molecule has 1 saturated carbocycles. The maximum Gasteiger partial charge on any atom is 0.416 e. The van der Waals surface area contributed by atoms with Crippen LogP contribution in [0.3, 0.4) is 0 Å². The van der Waals surface area contributed by atoms with Crippen LogP contribution in [0.25, 0.3) is 0 Å². The maximum atomic E-state index is 13.7. The molecule has 0 aromatic heterocycles. The molecule has 2 aromatic carbocycles. The Hall–Kier alpha value is -4.04. The average Bonchev–Trinajstić information content (AvgIpc) is 3.37. The maximum absolute atomic E-state index is 13.7. The molecule has 2 atom stereocenters. The van der Waals surface area contributed by atoms with E-state index in [0.717, 1.165) is 7.05 Å². The van der Waals surface area contributed by atoms with Crippen molar-refractivity contribution >= 4 is 23.7 Å². The van der Waals surface area contributed by atoms with Crippen molar-refractivity contribution in [1.82, 2.24) is 15.1 Å². The van der Waals surface area contributed by atoms with Gasteiger partial charge in [-0.05, 0) is 69.5 Å². The fraction of sp³-hybridized carbons (Fsp3) is 0.516. The molecular formula is C31H35F7N4O4. The molecule has 0 bridgehead atoms. The van der Waals surface area contributed by atoms with Crippen molar-refractivity contribution < 1.29 is 49.9 Å². The van der Waals surface area contributed by atoms with Gasteiger partial charge in [-0.2, -0.15) is 26.3 Å². The van der Waals surface area contributed by atoms with E-state index in [9.17, 15) is 45.1 Å². The SMILES string of the molecule is CN(C(=O)N(C)[C@@H]1CN(C(=O)C2CC(NC(=O)OC(C)(C)C)C2)C[C@H]1c1ccc(F)cc1)c1cc(C(F)(F)F)cc(C(F)(F)F)c1. The monoisotopic (exact) mass is 660 g/mol. The lowest BCUT2D eigenvalue weighted by molar-refractivity contribution is -0.143. The molecule has 1 saturated heterocycles. The van der Waals surface area contributed by atoms with Crippen molar-refractivity contribution in [2.45, 2.75) is 69.6 Å². The minimum Gasteiger partial charge on any atom is -0.444 e. The van der Waals surface area contributed by atoms with Gasteiger partial charge in [-0.15, -0.1) is 0 Å². The first kappa shape index (κ1) is 34.8. The highest BCUT2D eigenvalue weighted by Crippen LogP contribution is 2.40. The number of carbonyl (C=O) groups excluding carboxylic acids is 3. The van der Waals surface area contributed by atoms with Gasteiger partial charge in [-0.1, -0.05) is 12.1 Å². The van der Waals surface area contributed by atoms with Gasteiger partial charge in [0.05, 0.1) is 17.2 Å². The van der Waals surface area contributed by atoms with Crippen LogP contribution in [0.4, 0.5) is 46.0 Å². The highest BCUT2D eigenvalue weighted by Gasteiger charge is 2.45. The highest BCUT2D eigenvalue weighted by atomic mass is 19.4. The van der Waals surface area contributed by atoms with Crippen molar-refractivity contribution in [2.24, 2.45) is 5.92 Å². The number of hydrogen-bond donors (Lipinski definition) is 1. The number of amides is 4. The zero-order chi connectivity index (χ0) is 34.4. The van der Waals surface area contributed by atoms with Crippen molar-refractivity contribution in [3.05, 3.63) is 65.0 Å². The Morgan fingerprint density at radius 3 is 1.91 bits per heavy atom. The van der Waals surface area contributed by atoms with Crippen LogP contribution in [0.2, 0.25) is 0 Å². The summed E-state index contributed by atoms with van der Waals surface area (Å²) >= 11 is 0. The van der Waals surface area contributed by atoms with E-state index in [2.05, 4.69) is 5.32 Å². The van der Waals surface area contributed by atoms with Gasteiger partial charge in [-0.3, -0.25) is 9.69 Å². The number of halogens is 7. The number of carbonyl (C=O) groups is 3. The number of alkyl carbamates (subject to hydrolysis) is 1. The highest BCUT2D eigenvalue weighted by molar-refractivity contribution is 5.92. The number of hydrogen-bond acceptors (Lipinski definition) is 4. The Kier molecular flexibility index (Phi) is 9.56. The third-order valence-electron chi connectivity index (χ3n) is 8.15. The van der Waals surface area contributed by atoms with Crippen molar-refractivity contribution in [2.75, 3.05) is 32.1 Å². The molecule has 4 rings (SSSR count). The number of urea groups is 1. The average molecular weight is 661 g/mol. The predicted molar refractivity (Wildman–Crippen MR) is 153 cm³/mol. The molecule has 2 aliphatic rings. The predicted octanol–water partition coefficient (Wildman–Crippen LogP) is 6.65. The number of nitrogens with zero attached hydrogens (tertiary/aromatic N) is 3. The molecule has 1 heterocycles. The summed E-state index contributed by atoms with van der Waals surface area (Å²) in [6.45, 7) is 5.30. The number of anilines is 1. The van der Waals surface area contributed by atoms with E-state index in [-0.39, 0.29) is 31.1 Å². The van der Waals surface area contributed by atoms with Crippen LogP contribution in [0.15, 0.2) is 42.5 Å². The van der Waals surface area contributed by atoms with Crippen LogP contribution < -0.4 is 10.2 Å². The number of benzene rings is 2. The molecule has 2 aromatic rings. The number of alkyl halides is 6. The van der Waals surface area contributed by atoms with Crippen LogP contribution in [0.1, 0.15) is 56.2 Å². The van der Waals surface area contributed by atoms with Crippen molar-refractivity contribution in [3.8, 4) is 0 Å². The summed E-state index contributed by atoms with van der Waals surface area (Å²) in [7, 11) is 2.40. The molecule has 0 spiro atoms. The standard InChI is InChI=1S/C31H35F7N4O4/c1-29(2,3)46-27(44)39-22-10-18(11-22)26(43)42-15-24(17-6-8-21(32)9-7-17)25(16-42)41(5)28(45)40(4)23-13-19(30(33,34)35)12-20(14-23)31(36,37)38/h6-9,12-14,18,22,24-25H,10-11,15-16H2,1-5H3,(H,39,44)/t18?,22?,24-,25+/m0/s1. The van der Waals surface area contributed by atoms with Crippen LogP contribution in [-0.2, 0) is 21.9 Å². The Morgan fingerprint density at radius 2 is 1.41 bits per heavy atom. The second-order valence-corrected chi connectivity index (χ2v) is 12.7. The fourth-order valence-electron chi connectivity index (χ4n) is 5.69. The Bertz CT molecular complexity index is 1420. The molecule has 0 radical (unpaired) electrons. The number of rotatable bonds is 5. The van der Waals surface area contributed by atoms with E-state index in [0.29, 0.717) is 35.4 Å². The molecule has 1 N–H and O–H groups in total. The van der Waals surface area contributed by atoms with E-state index < -0.39 is 70.6 Å². The largest absolute Gasteiger partial charge is 0.444 e. The molecule has 0 unspecified atom stereocenters. The summed E-state index contributed by atoms with van der Waals surface area (Å²) in [5.41, 5.74) is -3.87. The molecular weight excluding hydrogens is 625 g/mol. The summed E-state index contributed by atoms with van der Waals surface area (Å²) in [5.74, 6) is -1.73. The van der Waals surface area contributed by atoms with Gasteiger partial charge in [0.1, 0.15) is 11.4 Å². The lowest BCUT2D eigenvalue weighted by Crippen LogP contribution is -2.51. The van der Waals surface area contributed by atoms with Gasteiger partial charge in [0.25, 0.3) is 0 Å². The Balaban J connectivity index is 1.53. The number of nitrogens with one attached hydrogen (secondary N) is 1. The smallest absolute Gasteiger partial charge is 0.416 e. The van der Waals surface area contributed by atoms with Gasteiger partial charge in [0, 0.05) is 50.7 Å². The normalized spacial score (nSPS) is 21.8. The van der Waals surface area contributed by atoms with Gasteiger partial charge in [-0.25, -0.2) is 14.0 Å². The summed E-state index contributed by atoms with van der Waals surface area (Å²) in [4.78, 5) is 42.5. The summed E-state index contributed by atoms with van der Waals surface area (Å²) in [6, 6.07) is 4.37. The molecule has 15 heteroatoms. The first-order chi connectivity index (χ1) is 21.1. The lowest BCUT2D eigenvalue weighted by Gasteiger charge is -2.37. The van der Waals surface area contributed by atoms with Crippen molar-refractivity contribution in [3.63, 3.8) is 0 Å². The van der Waals surface area contributed by atoms with E-state index >= 15 is 0 Å². The lowest BCUT2D eigenvalue weighted by atomic mass is 9.79. The first-order valence-electron chi connectivity index (χ1n) is 14.5. The van der Waals surface area contributed by atoms with Crippen LogP contribution in [-0.4, -0.2) is 72.7 Å². The topological polar surface area (TPSA) is 82.2 Å². The third kappa shape index (κ3) is 8.02. The molecule has 1 aliphatic carbocycles. The zero-order valence-electron chi connectivity index (χ0n) is 25.8. The summed E-state index contributed by atoms with van der Waals surface area (Å²) in [5, 5.41) is 2.72. The third-order valence-corrected chi connectivity index (χ3v) is 8.15. The molecule has 2 fully saturated rings. The summed E-state index contributed by atoms with van der Waals surface area (Å²) in [6.07, 6.45) is -10.1. The van der Waals surface area contributed by atoms with Gasteiger partial charge in [0.15, 0.2) is 0 Å². The van der Waals surface area contributed by atoms with Crippen LogP contribution >= 0.6 is 0 Å². The summed E-state index contributed by atoms with van der Waals surface area (Å²) < 4.78 is 99.8. The van der Waals surface area contributed by atoms with Crippen LogP contribution in [0.5, 0.6) is 0 Å². The quantitative estimate of drug-likeness (QED) is 0.365. The van der Waals surface area contributed by atoms with E-state index in [1.807, 2.05) is 0 Å². The number of likely N-dealkylation sites (tertiary alicyclic amines) is 1. The second-order valence-electron chi connectivity index (χ2n) is 12.7. The van der Waals surface area contributed by atoms with Crippen molar-refractivity contribution in [1.29, 1.82) is 0 Å². The molecule has 1 aliphatic heterocycles. The molecule has 252 valence electrons. The van der Waals surface area contributed by atoms with Gasteiger partial charge >= 0.3 is 24.5 Å². The van der Waals surface area contributed by atoms with E-state index in [4.69, 9.17) is 4.74 Å². The molecule has 8 nitrogen and oxygen atoms in total. The van der Waals surface area contributed by atoms with Gasteiger partial charge < -0.3 is 19.9 Å². The second kappa shape index (κ2) is 12.6. The number of ether oxygens (including phenoxy) is 1. The zero-order valence-corrected chi connectivity index (χ0v) is 25.8. The molecule has 46 heavy (non-hydrogen) atoms. The van der Waals surface area contributed by atoms with Gasteiger partial charge in [0.2, 0.25) is 5.91 Å². The number of likely N-dealkylation sites (N-methyl/N-ethyl adjacent to an activating group) is 1. The minimum absolute atomic E-state index is 0.00795. The van der Waals surface area contributed by atoms with E-state index in [1.54, 1.807) is 20.8 Å². The van der Waals surface area contributed by atoms with E-state index in [1.165, 1.54) is 41.1 Å². The Labute approximate surface area is 261 Å². The Morgan fingerprint density at radius 1 is 0.870 bits per heavy atom. The van der Waals surface area contributed by atoms with Crippen LogP contribution in [0, 0.1) is 11.7 Å². The first-order valence-corrected chi connectivity index (χ1v) is 14.5. The fourth-order valence-corrected chi connectivity index (χ4v) is 5.69. The molecule has 4 amide bonds.